The first-order chi connectivity index (χ1) is 25.7. The van der Waals surface area contributed by atoms with Gasteiger partial charge in [0.05, 0.1) is 24.0 Å². The molecule has 0 unspecified atom stereocenters. The van der Waals surface area contributed by atoms with Crippen LogP contribution < -0.4 is 4.90 Å². The average Bonchev–Trinajstić information content (AvgIpc) is 3.22. The monoisotopic (exact) mass is 667 g/mol. The summed E-state index contributed by atoms with van der Waals surface area (Å²) in [6, 6.07) is 60.6. The van der Waals surface area contributed by atoms with Gasteiger partial charge in [-0.1, -0.05) is 152 Å². The minimum absolute atomic E-state index is 0.0664. The van der Waals surface area contributed by atoms with E-state index in [0.717, 1.165) is 33.8 Å². The van der Waals surface area contributed by atoms with Gasteiger partial charge in [-0.25, -0.2) is 10.1 Å². The van der Waals surface area contributed by atoms with Crippen molar-refractivity contribution in [3.63, 3.8) is 0 Å². The van der Waals surface area contributed by atoms with Crippen molar-refractivity contribution in [2.24, 2.45) is 0 Å². The molecule has 7 aromatic carbocycles. The van der Waals surface area contributed by atoms with Crippen molar-refractivity contribution < 1.29 is 4.74 Å². The van der Waals surface area contributed by atoms with Crippen LogP contribution in [-0.2, 0) is 10.3 Å². The summed E-state index contributed by atoms with van der Waals surface area (Å²) in [5, 5.41) is 14.6. The van der Waals surface area contributed by atoms with Gasteiger partial charge in [-0.3, -0.25) is 0 Å². The molecule has 0 radical (unpaired) electrons. The number of fused-ring (bicyclic) bond motifs is 2. The second-order valence-electron chi connectivity index (χ2n) is 12.7. The third-order valence-corrected chi connectivity index (χ3v) is 9.66. The molecule has 0 amide bonds. The summed E-state index contributed by atoms with van der Waals surface area (Å²) in [6.07, 6.45) is 6.13. The van der Waals surface area contributed by atoms with Gasteiger partial charge in [-0.05, 0) is 58.3 Å². The largest absolute Gasteiger partial charge is 0.478 e. The third-order valence-electron chi connectivity index (χ3n) is 9.66. The van der Waals surface area contributed by atoms with Gasteiger partial charge in [-0.2, -0.15) is 0 Å². The topological polar surface area (TPSA) is 40.6 Å². The van der Waals surface area contributed by atoms with Crippen LogP contribution >= 0.6 is 0 Å². The highest BCUT2D eigenvalue weighted by Gasteiger charge is 2.40. The van der Waals surface area contributed by atoms with E-state index in [-0.39, 0.29) is 5.70 Å². The molecule has 0 aromatic heterocycles. The molecule has 0 N–H and O–H groups in total. The predicted octanol–water partition coefficient (Wildman–Crippen LogP) is 12.4. The zero-order chi connectivity index (χ0) is 35.3. The number of nitriles is 1. The predicted molar refractivity (Wildman–Crippen MR) is 212 cm³/mol. The molecule has 246 valence electrons. The summed E-state index contributed by atoms with van der Waals surface area (Å²) >= 11 is 0. The van der Waals surface area contributed by atoms with E-state index in [4.69, 9.17) is 11.3 Å². The van der Waals surface area contributed by atoms with E-state index in [0.29, 0.717) is 17.8 Å². The fourth-order valence-corrected chi connectivity index (χ4v) is 7.19. The van der Waals surface area contributed by atoms with E-state index in [1.807, 2.05) is 78.9 Å². The van der Waals surface area contributed by atoms with E-state index < -0.39 is 5.60 Å². The number of hydrogen-bond donors (Lipinski definition) is 0. The Hall–Kier alpha value is -7.14. The highest BCUT2D eigenvalue weighted by Crippen LogP contribution is 2.46. The third kappa shape index (κ3) is 6.00. The molecule has 52 heavy (non-hydrogen) atoms. The van der Waals surface area contributed by atoms with Crippen LogP contribution in [0.3, 0.4) is 0 Å². The summed E-state index contributed by atoms with van der Waals surface area (Å²) in [6.45, 7) is 7.76. The lowest BCUT2D eigenvalue weighted by atomic mass is 9.79. The van der Waals surface area contributed by atoms with Crippen LogP contribution in [0.5, 0.6) is 0 Å². The Kier molecular flexibility index (Phi) is 8.64. The molecule has 0 atom stereocenters. The number of allylic oxidation sites excluding steroid dienone is 3. The Morgan fingerprint density at radius 1 is 0.635 bits per heavy atom. The average molecular weight is 668 g/mol. The van der Waals surface area contributed by atoms with Crippen molar-refractivity contribution in [1.29, 1.82) is 5.26 Å². The Balaban J connectivity index is 1.20. The molecule has 1 aliphatic rings. The fourth-order valence-electron chi connectivity index (χ4n) is 7.19. The Bertz CT molecular complexity index is 2440. The van der Waals surface area contributed by atoms with Crippen LogP contribution in [0.2, 0.25) is 0 Å². The quantitative estimate of drug-likeness (QED) is 0.125. The van der Waals surface area contributed by atoms with Gasteiger partial charge < -0.3 is 9.64 Å². The zero-order valence-electron chi connectivity index (χ0n) is 28.4. The second kappa shape index (κ2) is 14.0. The van der Waals surface area contributed by atoms with Crippen LogP contribution in [0.4, 0.5) is 17.1 Å². The minimum Gasteiger partial charge on any atom is -0.478 e. The number of hydrogen-bond acceptors (Lipinski definition) is 3. The van der Waals surface area contributed by atoms with Crippen molar-refractivity contribution in [3.05, 3.63) is 227 Å². The highest BCUT2D eigenvalue weighted by molar-refractivity contribution is 6.04. The molecule has 1 aliphatic heterocycles. The number of benzene rings is 7. The van der Waals surface area contributed by atoms with Crippen LogP contribution in [0.15, 0.2) is 199 Å². The first-order valence-corrected chi connectivity index (χ1v) is 17.2. The molecule has 4 heteroatoms. The zero-order valence-corrected chi connectivity index (χ0v) is 28.4. The number of anilines is 3. The normalized spacial score (nSPS) is 14.6. The van der Waals surface area contributed by atoms with Gasteiger partial charge in [0, 0.05) is 34.0 Å². The minimum atomic E-state index is -0.916. The second-order valence-corrected chi connectivity index (χ2v) is 12.7. The Morgan fingerprint density at radius 3 is 1.69 bits per heavy atom. The lowest BCUT2D eigenvalue weighted by Crippen LogP contribution is -2.34. The number of nitrogens with zero attached hydrogens (tertiary/aromatic N) is 3. The Labute approximate surface area is 303 Å². The molecular weight excluding hydrogens is 635 g/mol. The summed E-state index contributed by atoms with van der Waals surface area (Å²) in [7, 11) is 0. The highest BCUT2D eigenvalue weighted by atomic mass is 16.5. The van der Waals surface area contributed by atoms with Crippen LogP contribution in [0.1, 0.15) is 23.1 Å². The molecule has 4 nitrogen and oxygen atoms in total. The summed E-state index contributed by atoms with van der Waals surface area (Å²) < 4.78 is 6.92. The lowest BCUT2D eigenvalue weighted by molar-refractivity contribution is 0.0348. The van der Waals surface area contributed by atoms with Gasteiger partial charge in [-0.15, -0.1) is 0 Å². The first kappa shape index (κ1) is 32.1. The molecule has 0 bridgehead atoms. The van der Waals surface area contributed by atoms with Crippen molar-refractivity contribution in [1.82, 2.24) is 0 Å². The van der Waals surface area contributed by atoms with E-state index >= 15 is 0 Å². The maximum absolute atomic E-state index is 9.92. The summed E-state index contributed by atoms with van der Waals surface area (Å²) in [4.78, 5) is 5.93. The molecule has 0 saturated heterocycles. The van der Waals surface area contributed by atoms with Gasteiger partial charge in [0.2, 0.25) is 0 Å². The molecule has 1 heterocycles. The van der Waals surface area contributed by atoms with Crippen LogP contribution in [0, 0.1) is 17.9 Å². The molecule has 0 aliphatic carbocycles. The van der Waals surface area contributed by atoms with E-state index in [9.17, 15) is 5.26 Å². The molecular formula is C48H33N3O. The first-order valence-electron chi connectivity index (χ1n) is 17.2. The van der Waals surface area contributed by atoms with Gasteiger partial charge in [0.25, 0.3) is 5.70 Å². The molecule has 7 aromatic rings. The fraction of sp³-hybridized carbons (Fsp3) is 0.0417. The molecule has 8 rings (SSSR count). The summed E-state index contributed by atoms with van der Waals surface area (Å²) in [5.41, 5.74) is 5.91. The van der Waals surface area contributed by atoms with Crippen molar-refractivity contribution in [3.8, 4) is 6.07 Å². The smallest absolute Gasteiger partial charge is 0.265 e. The van der Waals surface area contributed by atoms with E-state index in [2.05, 4.69) is 125 Å². The van der Waals surface area contributed by atoms with Gasteiger partial charge in [0.1, 0.15) is 5.76 Å². The van der Waals surface area contributed by atoms with Crippen LogP contribution in [-0.4, -0.2) is 0 Å². The maximum atomic E-state index is 9.92. The van der Waals surface area contributed by atoms with Crippen LogP contribution in [0.25, 0.3) is 32.5 Å². The molecule has 0 spiro atoms. The SMILES string of the molecule is [C-]#[N+]/C(C#N)=C1C=C(/C=C/c2ccc(N(c3cccc4ccccc34)c3cccc4ccccc34)cc2)OC(c2ccccc2)(c2ccccc2)C/1. The maximum Gasteiger partial charge on any atom is 0.265 e. The van der Waals surface area contributed by atoms with Crippen molar-refractivity contribution in [2.45, 2.75) is 12.0 Å². The number of ether oxygens (including phenoxy) is 1. The van der Waals surface area contributed by atoms with E-state index in [1.165, 1.54) is 21.5 Å². The molecule has 0 saturated carbocycles. The Morgan fingerprint density at radius 2 is 1.15 bits per heavy atom. The van der Waals surface area contributed by atoms with Gasteiger partial charge in [0.15, 0.2) is 5.60 Å². The summed E-state index contributed by atoms with van der Waals surface area (Å²) in [5.74, 6) is 0.572. The van der Waals surface area contributed by atoms with Crippen molar-refractivity contribution >= 4 is 44.7 Å². The number of rotatable bonds is 7. The lowest BCUT2D eigenvalue weighted by Gasteiger charge is -2.39. The molecule has 0 fully saturated rings. The van der Waals surface area contributed by atoms with Crippen molar-refractivity contribution in [2.75, 3.05) is 4.90 Å². The van der Waals surface area contributed by atoms with Gasteiger partial charge >= 0.3 is 0 Å². The van der Waals surface area contributed by atoms with E-state index in [1.54, 1.807) is 0 Å². The standard InChI is InChI=1S/C48H33N3O/c1-50-45(34-49)38-32-42(52-48(33-38,39-18-4-2-5-19-39)40-20-6-3-7-21-40)31-28-35-26-29-41(30-27-35)51(46-24-12-16-36-14-8-10-22-43(36)46)47-25-13-17-37-15-9-11-23-44(37)47/h2-32H,33H2/b31-28+,45-38-.